The third-order valence-corrected chi connectivity index (χ3v) is 5.06. The van der Waals surface area contributed by atoms with Crippen LogP contribution in [0.4, 0.5) is 5.69 Å². The lowest BCUT2D eigenvalue weighted by molar-refractivity contribution is -0.385. The lowest BCUT2D eigenvalue weighted by Crippen LogP contribution is -2.54. The van der Waals surface area contributed by atoms with Crippen molar-refractivity contribution in [2.24, 2.45) is 0 Å². The summed E-state index contributed by atoms with van der Waals surface area (Å²) < 4.78 is 0. The first-order valence-electron chi connectivity index (χ1n) is 7.33. The molecule has 1 heterocycles. The number of hydrogen-bond donors (Lipinski definition) is 2. The van der Waals surface area contributed by atoms with Crippen molar-refractivity contribution >= 4 is 28.9 Å². The predicted octanol–water partition coefficient (Wildman–Crippen LogP) is 1.63. The van der Waals surface area contributed by atoms with Gasteiger partial charge in [0.1, 0.15) is 0 Å². The van der Waals surface area contributed by atoms with Crippen molar-refractivity contribution in [3.05, 3.63) is 25.9 Å². The van der Waals surface area contributed by atoms with Gasteiger partial charge in [0, 0.05) is 18.2 Å². The summed E-state index contributed by atoms with van der Waals surface area (Å²) in [6.45, 7) is 4.17. The minimum absolute atomic E-state index is 0.00184. The number of carboxylic acid groups (broad SMARTS) is 1. The third kappa shape index (κ3) is 4.05. The van der Waals surface area contributed by atoms with E-state index in [0.29, 0.717) is 29.1 Å². The molecule has 0 spiro atoms. The van der Waals surface area contributed by atoms with Gasteiger partial charge in [-0.2, -0.15) is 0 Å². The average molecular weight is 341 g/mol. The Kier molecular flexibility index (Phi) is 5.32. The molecule has 2 N–H and O–H groups in total. The van der Waals surface area contributed by atoms with Gasteiger partial charge in [0.05, 0.1) is 21.2 Å². The highest BCUT2D eigenvalue weighted by atomic mass is 32.1. The molecule has 0 aromatic carbocycles. The zero-order valence-corrected chi connectivity index (χ0v) is 13.8. The quantitative estimate of drug-likeness (QED) is 0.576. The molecule has 0 saturated heterocycles. The summed E-state index contributed by atoms with van der Waals surface area (Å²) in [6.07, 6.45) is 1.39. The number of carbonyl (C=O) groups excluding carboxylic acids is 1. The molecular formula is C14H19N3O5S. The van der Waals surface area contributed by atoms with E-state index in [9.17, 15) is 19.7 Å². The van der Waals surface area contributed by atoms with Crippen molar-refractivity contribution < 1.29 is 19.6 Å². The van der Waals surface area contributed by atoms with Gasteiger partial charge >= 0.3 is 5.97 Å². The first-order valence-corrected chi connectivity index (χ1v) is 8.15. The van der Waals surface area contributed by atoms with Crippen molar-refractivity contribution in [2.45, 2.75) is 38.8 Å². The first-order chi connectivity index (χ1) is 10.8. The number of carbonyl (C=O) groups is 2. The van der Waals surface area contributed by atoms with Gasteiger partial charge < -0.3 is 10.4 Å². The van der Waals surface area contributed by atoms with Crippen LogP contribution in [0.25, 0.3) is 0 Å². The highest BCUT2D eigenvalue weighted by molar-refractivity contribution is 7.14. The maximum absolute atomic E-state index is 12.1. The second kappa shape index (κ2) is 7.05. The minimum atomic E-state index is -0.860. The number of nitrogens with zero attached hydrogens (tertiary/aromatic N) is 2. The summed E-state index contributed by atoms with van der Waals surface area (Å²) >= 11 is 1.11. The highest BCUT2D eigenvalue weighted by Gasteiger charge is 2.35. The van der Waals surface area contributed by atoms with Crippen molar-refractivity contribution in [1.82, 2.24) is 10.2 Å². The van der Waals surface area contributed by atoms with Gasteiger partial charge in [-0.15, -0.1) is 11.3 Å². The Bertz CT molecular complexity index is 624. The molecule has 1 aromatic heterocycles. The molecule has 0 atom stereocenters. The van der Waals surface area contributed by atoms with Crippen LogP contribution in [0.2, 0.25) is 0 Å². The van der Waals surface area contributed by atoms with E-state index in [1.165, 1.54) is 6.07 Å². The van der Waals surface area contributed by atoms with Crippen LogP contribution in [0.5, 0.6) is 0 Å². The van der Waals surface area contributed by atoms with Crippen LogP contribution in [0.3, 0.4) is 0 Å². The van der Waals surface area contributed by atoms with Gasteiger partial charge in [-0.05, 0) is 26.3 Å². The Labute approximate surface area is 137 Å². The zero-order chi connectivity index (χ0) is 17.1. The van der Waals surface area contributed by atoms with Crippen LogP contribution < -0.4 is 5.32 Å². The lowest BCUT2D eigenvalue weighted by atomic mass is 9.85. The van der Waals surface area contributed by atoms with E-state index in [4.69, 9.17) is 5.11 Å². The second-order valence-corrected chi connectivity index (χ2v) is 6.82. The van der Waals surface area contributed by atoms with Crippen LogP contribution >= 0.6 is 11.3 Å². The van der Waals surface area contributed by atoms with Gasteiger partial charge in [0.25, 0.3) is 11.6 Å². The van der Waals surface area contributed by atoms with E-state index in [0.717, 1.165) is 11.3 Å². The van der Waals surface area contributed by atoms with Gasteiger partial charge in [-0.3, -0.25) is 24.6 Å². The van der Waals surface area contributed by atoms with Crippen molar-refractivity contribution in [3.8, 4) is 0 Å². The van der Waals surface area contributed by atoms with E-state index in [-0.39, 0.29) is 30.2 Å². The van der Waals surface area contributed by atoms with Gasteiger partial charge in [0.2, 0.25) is 0 Å². The smallest absolute Gasteiger partial charge is 0.317 e. The number of aryl methyl sites for hydroxylation is 1. The van der Waals surface area contributed by atoms with Gasteiger partial charge in [0.15, 0.2) is 0 Å². The molecule has 1 fully saturated rings. The van der Waals surface area contributed by atoms with Crippen molar-refractivity contribution in [2.75, 3.05) is 13.1 Å². The summed E-state index contributed by atoms with van der Waals surface area (Å²) in [4.78, 5) is 35.9. The second-order valence-electron chi connectivity index (χ2n) is 5.56. The zero-order valence-electron chi connectivity index (χ0n) is 12.9. The molecule has 126 valence electrons. The third-order valence-electron chi connectivity index (χ3n) is 4.02. The Hall–Kier alpha value is -2.00. The van der Waals surface area contributed by atoms with E-state index in [1.54, 1.807) is 6.92 Å². The molecule has 1 amide bonds. The largest absolute Gasteiger partial charge is 0.480 e. The number of carboxylic acids is 1. The fraction of sp³-hybridized carbons (Fsp3) is 0.571. The molecule has 0 aliphatic heterocycles. The number of thiophene rings is 1. The Balaban J connectivity index is 1.87. The highest BCUT2D eigenvalue weighted by Crippen LogP contribution is 2.30. The first kappa shape index (κ1) is 17.4. The topological polar surface area (TPSA) is 113 Å². The summed E-state index contributed by atoms with van der Waals surface area (Å²) in [5.74, 6) is -1.17. The molecule has 1 aliphatic carbocycles. The molecule has 23 heavy (non-hydrogen) atoms. The van der Waals surface area contributed by atoms with Crippen LogP contribution in [-0.4, -0.2) is 52.0 Å². The summed E-state index contributed by atoms with van der Waals surface area (Å²) in [5, 5.41) is 22.5. The maximum Gasteiger partial charge on any atom is 0.317 e. The van der Waals surface area contributed by atoms with Gasteiger partial charge in [-0.1, -0.05) is 6.92 Å². The number of amides is 1. The average Bonchev–Trinajstić information content (AvgIpc) is 2.82. The Morgan fingerprint density at radius 3 is 2.65 bits per heavy atom. The molecule has 0 unspecified atom stereocenters. The summed E-state index contributed by atoms with van der Waals surface area (Å²) in [7, 11) is 0. The number of nitro groups is 1. The van der Waals surface area contributed by atoms with E-state index in [2.05, 4.69) is 5.32 Å². The number of aliphatic carboxylic acids is 1. The number of rotatable bonds is 7. The molecule has 1 aliphatic rings. The van der Waals surface area contributed by atoms with Crippen LogP contribution in [0.15, 0.2) is 6.07 Å². The molecule has 0 radical (unpaired) electrons. The van der Waals surface area contributed by atoms with Gasteiger partial charge in [-0.25, -0.2) is 0 Å². The number of nitrogens with one attached hydrogen (secondary N) is 1. The fourth-order valence-electron chi connectivity index (χ4n) is 2.70. The molecule has 2 rings (SSSR count). The monoisotopic (exact) mass is 341 g/mol. The molecule has 0 bridgehead atoms. The van der Waals surface area contributed by atoms with E-state index in [1.807, 2.05) is 11.8 Å². The maximum atomic E-state index is 12.1. The molecule has 1 aromatic rings. The van der Waals surface area contributed by atoms with Crippen LogP contribution in [0, 0.1) is 17.0 Å². The predicted molar refractivity (Wildman–Crippen MR) is 84.9 cm³/mol. The standard InChI is InChI=1S/C14H19N3O5S/c1-3-16(7-13(18)19)10-4-9(5-10)15-14(20)12-6-11(17(21)22)8(2)23-12/h6,9-10H,3-5,7H2,1-2H3,(H,15,20)(H,18,19). The van der Waals surface area contributed by atoms with E-state index >= 15 is 0 Å². The lowest BCUT2D eigenvalue weighted by Gasteiger charge is -2.42. The normalized spacial score (nSPS) is 20.1. The molecular weight excluding hydrogens is 322 g/mol. The minimum Gasteiger partial charge on any atom is -0.480 e. The summed E-state index contributed by atoms with van der Waals surface area (Å²) in [5.41, 5.74) is -0.0368. The summed E-state index contributed by atoms with van der Waals surface area (Å²) in [6, 6.07) is 1.44. The molecule has 9 heteroatoms. The Morgan fingerprint density at radius 2 is 2.17 bits per heavy atom. The fourth-order valence-corrected chi connectivity index (χ4v) is 3.59. The molecule has 8 nitrogen and oxygen atoms in total. The number of likely N-dealkylation sites (N-methyl/N-ethyl adjacent to an activating group) is 1. The van der Waals surface area contributed by atoms with Crippen molar-refractivity contribution in [1.29, 1.82) is 0 Å². The molecule has 1 saturated carbocycles. The Morgan fingerprint density at radius 1 is 1.52 bits per heavy atom. The SMILES string of the molecule is CCN(CC(=O)O)C1CC(NC(=O)c2cc([N+](=O)[O-])c(C)s2)C1. The van der Waals surface area contributed by atoms with Crippen LogP contribution in [0.1, 0.15) is 34.3 Å². The number of hydrogen-bond acceptors (Lipinski definition) is 6. The van der Waals surface area contributed by atoms with Crippen LogP contribution in [-0.2, 0) is 4.79 Å². The van der Waals surface area contributed by atoms with Crippen molar-refractivity contribution in [3.63, 3.8) is 0 Å². The van der Waals surface area contributed by atoms with E-state index < -0.39 is 10.9 Å².